The third kappa shape index (κ3) is 4.84. The largest absolute Gasteiger partial charge is 0.444 e. The summed E-state index contributed by atoms with van der Waals surface area (Å²) in [5.74, 6) is 0.895. The summed E-state index contributed by atoms with van der Waals surface area (Å²) < 4.78 is 5.43. The lowest BCUT2D eigenvalue weighted by molar-refractivity contribution is 0.0240. The second-order valence-corrected chi connectivity index (χ2v) is 7.60. The van der Waals surface area contributed by atoms with E-state index in [2.05, 4.69) is 9.88 Å². The second kappa shape index (κ2) is 7.78. The Hall–Kier alpha value is -2.89. The zero-order chi connectivity index (χ0) is 19.4. The van der Waals surface area contributed by atoms with Crippen LogP contribution in [-0.4, -0.2) is 54.0 Å². The average molecular weight is 367 g/mol. The Labute approximate surface area is 159 Å². The molecule has 1 amide bonds. The Kier molecular flexibility index (Phi) is 5.44. The number of pyridine rings is 1. The van der Waals surface area contributed by atoms with Crippen molar-refractivity contribution in [3.05, 3.63) is 48.2 Å². The number of aldehydes is 1. The molecule has 1 fully saturated rings. The van der Waals surface area contributed by atoms with Crippen LogP contribution in [0.15, 0.2) is 42.6 Å². The predicted molar refractivity (Wildman–Crippen MR) is 105 cm³/mol. The zero-order valence-corrected chi connectivity index (χ0v) is 16.0. The van der Waals surface area contributed by atoms with Crippen molar-refractivity contribution in [1.82, 2.24) is 9.88 Å². The molecular weight excluding hydrogens is 342 g/mol. The fourth-order valence-electron chi connectivity index (χ4n) is 2.94. The van der Waals surface area contributed by atoms with Crippen LogP contribution >= 0.6 is 0 Å². The SMILES string of the molecule is CC(C)(C)OC(=O)N1CCN(c2ccc(-c3ccc(C=O)cc3)cn2)CC1. The first kappa shape index (κ1) is 18.9. The number of hydrogen-bond donors (Lipinski definition) is 0. The summed E-state index contributed by atoms with van der Waals surface area (Å²) in [6.45, 7) is 8.30. The maximum Gasteiger partial charge on any atom is 0.410 e. The first-order valence-electron chi connectivity index (χ1n) is 9.10. The van der Waals surface area contributed by atoms with Crippen LogP contribution < -0.4 is 4.90 Å². The van der Waals surface area contributed by atoms with Crippen molar-refractivity contribution in [3.8, 4) is 11.1 Å². The number of anilines is 1. The molecular formula is C21H25N3O3. The fourth-order valence-corrected chi connectivity index (χ4v) is 2.94. The van der Waals surface area contributed by atoms with E-state index >= 15 is 0 Å². The maximum atomic E-state index is 12.2. The van der Waals surface area contributed by atoms with Gasteiger partial charge in [0.2, 0.25) is 0 Å². The topological polar surface area (TPSA) is 62.7 Å². The molecule has 2 heterocycles. The molecule has 0 N–H and O–H groups in total. The van der Waals surface area contributed by atoms with Gasteiger partial charge in [-0.15, -0.1) is 0 Å². The smallest absolute Gasteiger partial charge is 0.410 e. The van der Waals surface area contributed by atoms with Crippen LogP contribution in [0.1, 0.15) is 31.1 Å². The molecule has 1 aliphatic rings. The van der Waals surface area contributed by atoms with Crippen molar-refractivity contribution in [2.75, 3.05) is 31.1 Å². The third-order valence-electron chi connectivity index (χ3n) is 4.38. The molecule has 6 heteroatoms. The van der Waals surface area contributed by atoms with Crippen LogP contribution in [-0.2, 0) is 4.74 Å². The number of nitrogens with zero attached hydrogens (tertiary/aromatic N) is 3. The first-order valence-corrected chi connectivity index (χ1v) is 9.10. The monoisotopic (exact) mass is 367 g/mol. The van der Waals surface area contributed by atoms with Crippen LogP contribution in [0.25, 0.3) is 11.1 Å². The van der Waals surface area contributed by atoms with Gasteiger partial charge in [0.1, 0.15) is 17.7 Å². The molecule has 0 bridgehead atoms. The lowest BCUT2D eigenvalue weighted by Gasteiger charge is -2.36. The first-order chi connectivity index (χ1) is 12.9. The van der Waals surface area contributed by atoms with E-state index in [-0.39, 0.29) is 6.09 Å². The average Bonchev–Trinajstić information content (AvgIpc) is 2.67. The summed E-state index contributed by atoms with van der Waals surface area (Å²) >= 11 is 0. The number of aromatic nitrogens is 1. The van der Waals surface area contributed by atoms with E-state index < -0.39 is 5.60 Å². The molecule has 1 aromatic heterocycles. The van der Waals surface area contributed by atoms with Crippen molar-refractivity contribution in [1.29, 1.82) is 0 Å². The van der Waals surface area contributed by atoms with Gasteiger partial charge in [0.15, 0.2) is 0 Å². The summed E-state index contributed by atoms with van der Waals surface area (Å²) in [5, 5.41) is 0. The van der Waals surface area contributed by atoms with Crippen LogP contribution in [0.4, 0.5) is 10.6 Å². The lowest BCUT2D eigenvalue weighted by Crippen LogP contribution is -2.50. The Morgan fingerprint density at radius 1 is 1.00 bits per heavy atom. The minimum absolute atomic E-state index is 0.260. The standard InChI is InChI=1S/C21H25N3O3/c1-21(2,3)27-20(26)24-12-10-23(11-13-24)19-9-8-18(14-22-19)17-6-4-16(15-25)5-7-17/h4-9,14-15H,10-13H2,1-3H3. The fraction of sp³-hybridized carbons (Fsp3) is 0.381. The van der Waals surface area contributed by atoms with Crippen molar-refractivity contribution >= 4 is 18.2 Å². The van der Waals surface area contributed by atoms with E-state index in [4.69, 9.17) is 4.74 Å². The van der Waals surface area contributed by atoms with Gasteiger partial charge in [-0.1, -0.05) is 24.3 Å². The predicted octanol–water partition coefficient (Wildman–Crippen LogP) is 3.62. The molecule has 2 aromatic rings. The van der Waals surface area contributed by atoms with Crippen LogP contribution in [0, 0.1) is 0 Å². The van der Waals surface area contributed by atoms with Crippen LogP contribution in [0.5, 0.6) is 0 Å². The number of carbonyl (C=O) groups excluding carboxylic acids is 2. The molecule has 1 aliphatic heterocycles. The number of carbonyl (C=O) groups is 2. The molecule has 0 unspecified atom stereocenters. The van der Waals surface area contributed by atoms with Crippen molar-refractivity contribution in [3.63, 3.8) is 0 Å². The highest BCUT2D eigenvalue weighted by atomic mass is 16.6. The minimum Gasteiger partial charge on any atom is -0.444 e. The zero-order valence-electron chi connectivity index (χ0n) is 16.0. The Bertz CT molecular complexity index is 787. The van der Waals surface area contributed by atoms with E-state index in [0.29, 0.717) is 18.7 Å². The Morgan fingerprint density at radius 2 is 1.63 bits per heavy atom. The van der Waals surface area contributed by atoms with Gasteiger partial charge in [-0.2, -0.15) is 0 Å². The quantitative estimate of drug-likeness (QED) is 0.776. The van der Waals surface area contributed by atoms with Gasteiger partial charge in [-0.05, 0) is 38.5 Å². The number of rotatable bonds is 3. The number of piperazine rings is 1. The van der Waals surface area contributed by atoms with Gasteiger partial charge < -0.3 is 14.5 Å². The van der Waals surface area contributed by atoms with Crippen molar-refractivity contribution in [2.24, 2.45) is 0 Å². The normalized spacial score (nSPS) is 14.8. The summed E-state index contributed by atoms with van der Waals surface area (Å²) in [5.41, 5.74) is 2.21. The molecule has 6 nitrogen and oxygen atoms in total. The molecule has 3 rings (SSSR count). The van der Waals surface area contributed by atoms with Crippen molar-refractivity contribution in [2.45, 2.75) is 26.4 Å². The summed E-state index contributed by atoms with van der Waals surface area (Å²) in [6.07, 6.45) is 2.41. The van der Waals surface area contributed by atoms with Crippen LogP contribution in [0.2, 0.25) is 0 Å². The maximum absolute atomic E-state index is 12.2. The van der Waals surface area contributed by atoms with Crippen molar-refractivity contribution < 1.29 is 14.3 Å². The lowest BCUT2D eigenvalue weighted by atomic mass is 10.1. The third-order valence-corrected chi connectivity index (χ3v) is 4.38. The highest BCUT2D eigenvalue weighted by molar-refractivity contribution is 5.77. The summed E-state index contributed by atoms with van der Waals surface area (Å²) in [7, 11) is 0. The van der Waals surface area contributed by atoms with Gasteiger partial charge in [0.05, 0.1) is 0 Å². The van der Waals surface area contributed by atoms with Gasteiger partial charge >= 0.3 is 6.09 Å². The highest BCUT2D eigenvalue weighted by Gasteiger charge is 2.26. The molecule has 0 saturated carbocycles. The molecule has 0 radical (unpaired) electrons. The van der Waals surface area contributed by atoms with Gasteiger partial charge in [0, 0.05) is 43.5 Å². The van der Waals surface area contributed by atoms with Gasteiger partial charge in [0.25, 0.3) is 0 Å². The molecule has 1 saturated heterocycles. The molecule has 0 aliphatic carbocycles. The molecule has 0 spiro atoms. The minimum atomic E-state index is -0.477. The number of benzene rings is 1. The van der Waals surface area contributed by atoms with Gasteiger partial charge in [-0.3, -0.25) is 4.79 Å². The van der Waals surface area contributed by atoms with E-state index in [1.165, 1.54) is 0 Å². The Morgan fingerprint density at radius 3 is 2.15 bits per heavy atom. The van der Waals surface area contributed by atoms with Gasteiger partial charge in [-0.25, -0.2) is 9.78 Å². The second-order valence-electron chi connectivity index (χ2n) is 7.60. The van der Waals surface area contributed by atoms with E-state index in [9.17, 15) is 9.59 Å². The van der Waals surface area contributed by atoms with Crippen LogP contribution in [0.3, 0.4) is 0 Å². The molecule has 0 atom stereocenters. The number of hydrogen-bond acceptors (Lipinski definition) is 5. The molecule has 27 heavy (non-hydrogen) atoms. The number of ether oxygens (including phenoxy) is 1. The summed E-state index contributed by atoms with van der Waals surface area (Å²) in [4.78, 5) is 31.4. The Balaban J connectivity index is 1.60. The van der Waals surface area contributed by atoms with E-state index in [0.717, 1.165) is 36.3 Å². The van der Waals surface area contributed by atoms with E-state index in [1.807, 2.05) is 51.2 Å². The highest BCUT2D eigenvalue weighted by Crippen LogP contribution is 2.22. The molecule has 142 valence electrons. The number of amides is 1. The molecule has 1 aromatic carbocycles. The van der Waals surface area contributed by atoms with E-state index in [1.54, 1.807) is 17.0 Å². The summed E-state index contributed by atoms with van der Waals surface area (Å²) in [6, 6.07) is 11.4.